The van der Waals surface area contributed by atoms with Crippen molar-refractivity contribution in [2.45, 2.75) is 45.8 Å². The molecule has 9 heteroatoms. The summed E-state index contributed by atoms with van der Waals surface area (Å²) in [6.45, 7) is 7.73. The lowest BCUT2D eigenvalue weighted by Crippen LogP contribution is -2.48. The molecule has 1 atom stereocenters. The van der Waals surface area contributed by atoms with Gasteiger partial charge in [0, 0.05) is 29.2 Å². The third kappa shape index (κ3) is 6.64. The van der Waals surface area contributed by atoms with Gasteiger partial charge in [0.05, 0.1) is 29.9 Å². The number of para-hydroxylation sites is 1. The van der Waals surface area contributed by atoms with Gasteiger partial charge in [0.25, 0.3) is 0 Å². The van der Waals surface area contributed by atoms with Crippen LogP contribution in [0, 0.1) is 11.2 Å². The van der Waals surface area contributed by atoms with Gasteiger partial charge < -0.3 is 19.9 Å². The highest BCUT2D eigenvalue weighted by Crippen LogP contribution is 2.52. The molecule has 1 unspecified atom stereocenters. The lowest BCUT2D eigenvalue weighted by Gasteiger charge is -2.37. The second kappa shape index (κ2) is 12.6. The van der Waals surface area contributed by atoms with Crippen molar-refractivity contribution in [3.8, 4) is 22.9 Å². The maximum atomic E-state index is 15.1. The van der Waals surface area contributed by atoms with E-state index in [1.807, 2.05) is 66.7 Å². The standard InChI is InChI=1S/C35H36FN3O5/c1-34(2,32(40)39-33(41)37-19-20-43-21-22-9-6-5-7-10-22)29-25-11-8-12-27(36)30(25)44-31-26(29)17-18-28(38-31)23-13-15-24(16-14-23)35(3,4)42/h5-18,29,42H,19-21H2,1-4H3,(H2,37,39,40,41). The number of carbonyl (C=O) groups excluding carboxylic acids is 2. The summed E-state index contributed by atoms with van der Waals surface area (Å²) in [6, 6.07) is 24.6. The Morgan fingerprint density at radius 1 is 0.932 bits per heavy atom. The van der Waals surface area contributed by atoms with E-state index in [-0.39, 0.29) is 24.8 Å². The van der Waals surface area contributed by atoms with Gasteiger partial charge in [-0.15, -0.1) is 0 Å². The van der Waals surface area contributed by atoms with Crippen molar-refractivity contribution in [1.82, 2.24) is 15.6 Å². The van der Waals surface area contributed by atoms with Crippen LogP contribution >= 0.6 is 0 Å². The Kier molecular flexibility index (Phi) is 8.80. The Morgan fingerprint density at radius 3 is 2.36 bits per heavy atom. The molecule has 0 bridgehead atoms. The normalized spacial score (nSPS) is 14.2. The molecule has 3 N–H and O–H groups in total. The summed E-state index contributed by atoms with van der Waals surface area (Å²) in [5.41, 5.74) is 2.02. The zero-order chi connectivity index (χ0) is 31.5. The molecule has 2 heterocycles. The Morgan fingerprint density at radius 2 is 1.66 bits per heavy atom. The van der Waals surface area contributed by atoms with Crippen molar-refractivity contribution in [3.05, 3.63) is 113 Å². The second-order valence-electron chi connectivity index (χ2n) is 11.9. The van der Waals surface area contributed by atoms with Crippen LogP contribution in [0.15, 0.2) is 84.9 Å². The molecule has 228 valence electrons. The van der Waals surface area contributed by atoms with Gasteiger partial charge >= 0.3 is 6.03 Å². The molecule has 1 aliphatic rings. The van der Waals surface area contributed by atoms with Gasteiger partial charge in [-0.05, 0) is 37.1 Å². The van der Waals surface area contributed by atoms with Crippen molar-refractivity contribution in [3.63, 3.8) is 0 Å². The number of hydrogen-bond donors (Lipinski definition) is 3. The van der Waals surface area contributed by atoms with Gasteiger partial charge in [-0.25, -0.2) is 14.2 Å². The van der Waals surface area contributed by atoms with Crippen molar-refractivity contribution in [2.75, 3.05) is 13.2 Å². The molecule has 0 radical (unpaired) electrons. The molecule has 0 saturated heterocycles. The molecule has 0 aliphatic carbocycles. The second-order valence-corrected chi connectivity index (χ2v) is 11.9. The number of benzene rings is 3. The van der Waals surface area contributed by atoms with Gasteiger partial charge in [0.1, 0.15) is 0 Å². The molecule has 3 amide bonds. The lowest BCUT2D eigenvalue weighted by molar-refractivity contribution is -0.128. The molecule has 1 aliphatic heterocycles. The number of carbonyl (C=O) groups is 2. The molecule has 4 aromatic rings. The number of rotatable bonds is 9. The van der Waals surface area contributed by atoms with Crippen molar-refractivity contribution < 1.29 is 28.6 Å². The summed E-state index contributed by atoms with van der Waals surface area (Å²) in [5.74, 6) is -1.62. The number of imide groups is 1. The van der Waals surface area contributed by atoms with Gasteiger partial charge in [0.15, 0.2) is 11.6 Å². The fraction of sp³-hybridized carbons (Fsp3) is 0.286. The van der Waals surface area contributed by atoms with E-state index >= 15 is 4.39 Å². The van der Waals surface area contributed by atoms with Crippen LogP contribution in [0.4, 0.5) is 9.18 Å². The van der Waals surface area contributed by atoms with E-state index in [0.29, 0.717) is 23.4 Å². The van der Waals surface area contributed by atoms with Crippen LogP contribution in [0.3, 0.4) is 0 Å². The number of aliphatic hydroxyl groups is 1. The minimum absolute atomic E-state index is 0.00656. The number of aromatic nitrogens is 1. The van der Waals surface area contributed by atoms with Crippen LogP contribution < -0.4 is 15.4 Å². The number of amides is 3. The summed E-state index contributed by atoms with van der Waals surface area (Å²) < 4.78 is 26.7. The smallest absolute Gasteiger partial charge is 0.321 e. The molecule has 0 spiro atoms. The molecule has 0 saturated carbocycles. The van der Waals surface area contributed by atoms with Crippen LogP contribution in [0.1, 0.15) is 55.9 Å². The SMILES string of the molecule is CC(C)(O)c1ccc(-c2ccc3c(n2)Oc2c(F)cccc2C3C(C)(C)C(=O)NC(=O)NCCOCc2ccccc2)cc1. The van der Waals surface area contributed by atoms with Crippen LogP contribution in [0.5, 0.6) is 11.6 Å². The summed E-state index contributed by atoms with van der Waals surface area (Å²) >= 11 is 0. The molecule has 1 aromatic heterocycles. The zero-order valence-electron chi connectivity index (χ0n) is 25.2. The largest absolute Gasteiger partial charge is 0.435 e. The highest BCUT2D eigenvalue weighted by molar-refractivity contribution is 5.98. The van der Waals surface area contributed by atoms with E-state index < -0.39 is 34.7 Å². The minimum Gasteiger partial charge on any atom is -0.435 e. The average molecular weight is 598 g/mol. The van der Waals surface area contributed by atoms with E-state index in [0.717, 1.165) is 16.7 Å². The first-order valence-electron chi connectivity index (χ1n) is 14.5. The van der Waals surface area contributed by atoms with Crippen molar-refractivity contribution in [1.29, 1.82) is 0 Å². The van der Waals surface area contributed by atoms with Gasteiger partial charge in [-0.3, -0.25) is 10.1 Å². The Labute approximate surface area is 256 Å². The average Bonchev–Trinajstić information content (AvgIpc) is 3.00. The molecular weight excluding hydrogens is 561 g/mol. The molecule has 3 aromatic carbocycles. The third-order valence-corrected chi connectivity index (χ3v) is 7.77. The minimum atomic E-state index is -1.21. The van der Waals surface area contributed by atoms with Gasteiger partial charge in [0.2, 0.25) is 11.8 Å². The maximum Gasteiger partial charge on any atom is 0.321 e. The summed E-state index contributed by atoms with van der Waals surface area (Å²) in [7, 11) is 0. The van der Waals surface area contributed by atoms with Crippen molar-refractivity contribution in [2.24, 2.45) is 5.41 Å². The van der Waals surface area contributed by atoms with E-state index in [9.17, 15) is 14.7 Å². The van der Waals surface area contributed by atoms with E-state index in [1.54, 1.807) is 39.8 Å². The Hall–Kier alpha value is -4.60. The molecule has 0 fully saturated rings. The van der Waals surface area contributed by atoms with Crippen LogP contribution in [0.25, 0.3) is 11.3 Å². The molecular formula is C35H36FN3O5. The van der Waals surface area contributed by atoms with E-state index in [4.69, 9.17) is 14.5 Å². The first-order chi connectivity index (χ1) is 20.9. The van der Waals surface area contributed by atoms with Crippen LogP contribution in [0.2, 0.25) is 0 Å². The predicted molar refractivity (Wildman–Crippen MR) is 165 cm³/mol. The molecule has 5 rings (SSSR count). The highest BCUT2D eigenvalue weighted by atomic mass is 19.1. The van der Waals surface area contributed by atoms with Crippen LogP contribution in [-0.2, 0) is 21.7 Å². The maximum absolute atomic E-state index is 15.1. The van der Waals surface area contributed by atoms with Crippen LogP contribution in [-0.4, -0.2) is 35.2 Å². The van der Waals surface area contributed by atoms with E-state index in [1.165, 1.54) is 6.07 Å². The summed E-state index contributed by atoms with van der Waals surface area (Å²) in [4.78, 5) is 30.9. The number of urea groups is 1. The number of ether oxygens (including phenoxy) is 2. The number of fused-ring (bicyclic) bond motifs is 2. The molecule has 8 nitrogen and oxygen atoms in total. The first-order valence-corrected chi connectivity index (χ1v) is 14.5. The number of nitrogens with one attached hydrogen (secondary N) is 2. The Bertz CT molecular complexity index is 1650. The number of hydrogen-bond acceptors (Lipinski definition) is 6. The van der Waals surface area contributed by atoms with Crippen molar-refractivity contribution >= 4 is 11.9 Å². The third-order valence-electron chi connectivity index (χ3n) is 7.77. The van der Waals surface area contributed by atoms with Gasteiger partial charge in [-0.2, -0.15) is 0 Å². The predicted octanol–water partition coefficient (Wildman–Crippen LogP) is 6.42. The Balaban J connectivity index is 1.33. The number of halogens is 1. The highest BCUT2D eigenvalue weighted by Gasteiger charge is 2.45. The van der Waals surface area contributed by atoms with Gasteiger partial charge in [-0.1, -0.05) is 86.6 Å². The summed E-state index contributed by atoms with van der Waals surface area (Å²) in [6.07, 6.45) is 0. The van der Waals surface area contributed by atoms with E-state index in [2.05, 4.69) is 10.6 Å². The fourth-order valence-corrected chi connectivity index (χ4v) is 5.31. The first kappa shape index (κ1) is 30.8. The fourth-order valence-electron chi connectivity index (χ4n) is 5.31. The topological polar surface area (TPSA) is 110 Å². The summed E-state index contributed by atoms with van der Waals surface area (Å²) in [5, 5.41) is 15.4. The monoisotopic (exact) mass is 597 g/mol. The number of nitrogens with zero attached hydrogens (tertiary/aromatic N) is 1. The zero-order valence-corrected chi connectivity index (χ0v) is 25.2. The number of pyridine rings is 1. The lowest BCUT2D eigenvalue weighted by atomic mass is 9.69. The molecule has 44 heavy (non-hydrogen) atoms. The quantitative estimate of drug-likeness (QED) is 0.192.